The van der Waals surface area contributed by atoms with Crippen LogP contribution in [0.25, 0.3) is 10.8 Å². The molecule has 5 heteroatoms. The van der Waals surface area contributed by atoms with Crippen molar-refractivity contribution in [1.29, 1.82) is 0 Å². The van der Waals surface area contributed by atoms with Crippen LogP contribution in [0.15, 0.2) is 71.2 Å². The smallest absolute Gasteiger partial charge is 0.223 e. The molecule has 0 aliphatic carbocycles. The van der Waals surface area contributed by atoms with Gasteiger partial charge < -0.3 is 0 Å². The number of halogens is 1. The number of benzene rings is 3. The van der Waals surface area contributed by atoms with Crippen molar-refractivity contribution in [3.63, 3.8) is 0 Å². The van der Waals surface area contributed by atoms with Gasteiger partial charge in [-0.15, -0.1) is 0 Å². The highest BCUT2D eigenvalue weighted by Gasteiger charge is 2.43. The number of hydrogen-bond acceptors (Lipinski definition) is 3. The highest BCUT2D eigenvalue weighted by atomic mass is 79.9. The first kappa shape index (κ1) is 19.2. The Morgan fingerprint density at radius 2 is 1.67 bits per heavy atom. The number of rotatable bonds is 6. The van der Waals surface area contributed by atoms with E-state index in [1.54, 1.807) is 38.1 Å². The zero-order valence-corrected chi connectivity index (χ0v) is 16.8. The van der Waals surface area contributed by atoms with E-state index in [-0.39, 0.29) is 17.1 Å². The SMILES string of the molecule is CC(C)(C(CC(=O)c1ccc(Br)cc1)c1ccc2ccccc2c1)[N+](=O)[O-]. The molecule has 27 heavy (non-hydrogen) atoms. The van der Waals surface area contributed by atoms with E-state index in [1.807, 2.05) is 42.5 Å². The minimum atomic E-state index is -1.27. The second-order valence-corrected chi connectivity index (χ2v) is 8.12. The van der Waals surface area contributed by atoms with Crippen LogP contribution in [0.4, 0.5) is 0 Å². The Balaban J connectivity index is 2.01. The third-order valence-electron chi connectivity index (χ3n) is 5.05. The third kappa shape index (κ3) is 4.08. The number of nitro groups is 1. The van der Waals surface area contributed by atoms with Crippen LogP contribution in [0.1, 0.15) is 42.1 Å². The lowest BCUT2D eigenvalue weighted by Gasteiger charge is -2.27. The molecule has 0 N–H and O–H groups in total. The predicted molar refractivity (Wildman–Crippen MR) is 111 cm³/mol. The van der Waals surface area contributed by atoms with E-state index in [0.29, 0.717) is 5.56 Å². The molecular formula is C22H20BrNO3. The summed E-state index contributed by atoms with van der Waals surface area (Å²) in [6.45, 7) is 3.17. The van der Waals surface area contributed by atoms with Gasteiger partial charge >= 0.3 is 0 Å². The number of ketones is 1. The van der Waals surface area contributed by atoms with Crippen molar-refractivity contribution in [3.05, 3.63) is 92.4 Å². The molecule has 0 heterocycles. The molecule has 0 aromatic heterocycles. The molecule has 4 nitrogen and oxygen atoms in total. The van der Waals surface area contributed by atoms with Crippen molar-refractivity contribution in [2.45, 2.75) is 31.7 Å². The molecule has 138 valence electrons. The summed E-state index contributed by atoms with van der Waals surface area (Å²) in [5.74, 6) is -0.635. The van der Waals surface area contributed by atoms with Gasteiger partial charge in [0.05, 0.1) is 5.92 Å². The van der Waals surface area contributed by atoms with Crippen LogP contribution in [-0.2, 0) is 0 Å². The quantitative estimate of drug-likeness (QED) is 0.275. The molecular weight excluding hydrogens is 406 g/mol. The first-order chi connectivity index (χ1) is 12.8. The molecule has 1 unspecified atom stereocenters. The summed E-state index contributed by atoms with van der Waals surface area (Å²) in [6.07, 6.45) is 0.0773. The fraction of sp³-hybridized carbons (Fsp3) is 0.227. The first-order valence-corrected chi connectivity index (χ1v) is 9.50. The Bertz CT molecular complexity index is 996. The van der Waals surface area contributed by atoms with E-state index in [2.05, 4.69) is 15.9 Å². The highest BCUT2D eigenvalue weighted by molar-refractivity contribution is 9.10. The van der Waals surface area contributed by atoms with E-state index in [9.17, 15) is 14.9 Å². The molecule has 0 radical (unpaired) electrons. The van der Waals surface area contributed by atoms with Crippen LogP contribution in [0.5, 0.6) is 0 Å². The minimum absolute atomic E-state index is 0.0773. The standard InChI is InChI=1S/C22H20BrNO3/c1-22(2,24(26)27)20(14-21(25)16-9-11-19(23)12-10-16)18-8-7-15-5-3-4-6-17(15)13-18/h3-13,20H,14H2,1-2H3. The van der Waals surface area contributed by atoms with Gasteiger partial charge in [-0.05, 0) is 28.5 Å². The van der Waals surface area contributed by atoms with Gasteiger partial charge in [-0.25, -0.2) is 0 Å². The molecule has 0 amide bonds. The van der Waals surface area contributed by atoms with Gasteiger partial charge in [-0.3, -0.25) is 14.9 Å². The Labute approximate surface area is 166 Å². The van der Waals surface area contributed by atoms with Crippen molar-refractivity contribution in [2.24, 2.45) is 0 Å². The molecule has 3 rings (SSSR count). The number of fused-ring (bicyclic) bond motifs is 1. The maximum Gasteiger partial charge on any atom is 0.223 e. The summed E-state index contributed by atoms with van der Waals surface area (Å²) in [4.78, 5) is 24.3. The predicted octanol–water partition coefficient (Wildman–Crippen LogP) is 6.01. The van der Waals surface area contributed by atoms with Crippen molar-refractivity contribution < 1.29 is 9.72 Å². The monoisotopic (exact) mass is 425 g/mol. The summed E-state index contributed by atoms with van der Waals surface area (Å²) in [5, 5.41) is 13.8. The lowest BCUT2D eigenvalue weighted by atomic mass is 9.78. The number of carbonyl (C=O) groups excluding carboxylic acids is 1. The van der Waals surface area contributed by atoms with Crippen LogP contribution < -0.4 is 0 Å². The molecule has 0 aliphatic heterocycles. The maximum absolute atomic E-state index is 12.8. The molecule has 3 aromatic carbocycles. The minimum Gasteiger partial charge on any atom is -0.294 e. The van der Waals surface area contributed by atoms with E-state index < -0.39 is 11.5 Å². The molecule has 0 bridgehead atoms. The second kappa shape index (κ2) is 7.61. The summed E-state index contributed by atoms with van der Waals surface area (Å²) in [5.41, 5.74) is 0.0945. The number of Topliss-reactive ketones (excluding diaryl/α,β-unsaturated/α-hetero) is 1. The Morgan fingerprint density at radius 3 is 2.30 bits per heavy atom. The lowest BCUT2D eigenvalue weighted by Crippen LogP contribution is -2.39. The zero-order chi connectivity index (χ0) is 19.6. The van der Waals surface area contributed by atoms with Gasteiger partial charge in [-0.2, -0.15) is 0 Å². The number of hydrogen-bond donors (Lipinski definition) is 0. The molecule has 0 aliphatic rings. The Hall–Kier alpha value is -2.53. The summed E-state index contributed by atoms with van der Waals surface area (Å²) < 4.78 is 0.885. The van der Waals surface area contributed by atoms with Crippen LogP contribution in [-0.4, -0.2) is 16.2 Å². The zero-order valence-electron chi connectivity index (χ0n) is 15.2. The van der Waals surface area contributed by atoms with Gasteiger partial charge in [-0.1, -0.05) is 70.5 Å². The van der Waals surface area contributed by atoms with Gasteiger partial charge in [0.1, 0.15) is 0 Å². The van der Waals surface area contributed by atoms with Gasteiger partial charge in [0.2, 0.25) is 5.54 Å². The second-order valence-electron chi connectivity index (χ2n) is 7.20. The van der Waals surface area contributed by atoms with Crippen molar-refractivity contribution in [1.82, 2.24) is 0 Å². The van der Waals surface area contributed by atoms with Crippen LogP contribution in [0.3, 0.4) is 0 Å². The van der Waals surface area contributed by atoms with Crippen LogP contribution in [0, 0.1) is 10.1 Å². The summed E-state index contributed by atoms with van der Waals surface area (Å²) in [6, 6.07) is 20.8. The van der Waals surface area contributed by atoms with Gasteiger partial charge in [0.15, 0.2) is 5.78 Å². The highest BCUT2D eigenvalue weighted by Crippen LogP contribution is 2.36. The Morgan fingerprint density at radius 1 is 1.04 bits per heavy atom. The van der Waals surface area contributed by atoms with E-state index in [1.165, 1.54) is 0 Å². The summed E-state index contributed by atoms with van der Waals surface area (Å²) in [7, 11) is 0. The fourth-order valence-electron chi connectivity index (χ4n) is 3.27. The maximum atomic E-state index is 12.8. The average molecular weight is 426 g/mol. The van der Waals surface area contributed by atoms with E-state index >= 15 is 0 Å². The largest absolute Gasteiger partial charge is 0.294 e. The Kier molecular flexibility index (Phi) is 5.42. The first-order valence-electron chi connectivity index (χ1n) is 8.71. The third-order valence-corrected chi connectivity index (χ3v) is 5.58. The van der Waals surface area contributed by atoms with Crippen LogP contribution in [0.2, 0.25) is 0 Å². The van der Waals surface area contributed by atoms with Crippen molar-refractivity contribution in [3.8, 4) is 0 Å². The lowest BCUT2D eigenvalue weighted by molar-refractivity contribution is -0.565. The summed E-state index contributed by atoms with van der Waals surface area (Å²) >= 11 is 3.36. The molecule has 0 saturated heterocycles. The average Bonchev–Trinajstić information content (AvgIpc) is 2.65. The topological polar surface area (TPSA) is 60.2 Å². The van der Waals surface area contributed by atoms with E-state index in [4.69, 9.17) is 0 Å². The van der Waals surface area contributed by atoms with Gasteiger partial charge in [0.25, 0.3) is 0 Å². The molecule has 0 saturated carbocycles. The molecule has 3 aromatic rings. The molecule has 0 fully saturated rings. The van der Waals surface area contributed by atoms with Crippen molar-refractivity contribution >= 4 is 32.5 Å². The molecule has 1 atom stereocenters. The number of nitrogens with zero attached hydrogens (tertiary/aromatic N) is 1. The van der Waals surface area contributed by atoms with Crippen LogP contribution >= 0.6 is 15.9 Å². The van der Waals surface area contributed by atoms with E-state index in [0.717, 1.165) is 20.8 Å². The van der Waals surface area contributed by atoms with Crippen molar-refractivity contribution in [2.75, 3.05) is 0 Å². The number of carbonyl (C=O) groups is 1. The fourth-order valence-corrected chi connectivity index (χ4v) is 3.53. The molecule has 0 spiro atoms. The normalized spacial score (nSPS) is 12.7. The van der Waals surface area contributed by atoms with Gasteiger partial charge in [0, 0.05) is 35.2 Å².